The lowest BCUT2D eigenvalue weighted by molar-refractivity contribution is 0.415. The first kappa shape index (κ1) is 13.5. The first-order valence-electron chi connectivity index (χ1n) is 6.09. The summed E-state index contributed by atoms with van der Waals surface area (Å²) in [6.07, 6.45) is 0. The van der Waals surface area contributed by atoms with Gasteiger partial charge in [-0.2, -0.15) is 0 Å². The molecule has 19 heavy (non-hydrogen) atoms. The Hall–Kier alpha value is -1.88. The van der Waals surface area contributed by atoms with Crippen molar-refractivity contribution in [3.05, 3.63) is 35.5 Å². The molecule has 0 spiro atoms. The van der Waals surface area contributed by atoms with Crippen LogP contribution in [0.15, 0.2) is 18.2 Å². The predicted octanol–water partition coefficient (Wildman–Crippen LogP) is 2.26. The van der Waals surface area contributed by atoms with Gasteiger partial charge in [0.1, 0.15) is 17.4 Å². The molecule has 2 rings (SSSR count). The van der Waals surface area contributed by atoms with Crippen molar-refractivity contribution >= 4 is 0 Å². The van der Waals surface area contributed by atoms with Crippen LogP contribution < -0.4 is 10.1 Å². The number of hydrogen-bond donors (Lipinski definition) is 1. The first-order chi connectivity index (χ1) is 9.08. The van der Waals surface area contributed by atoms with Crippen LogP contribution in [-0.4, -0.2) is 23.7 Å². The molecule has 0 unspecified atom stereocenters. The molecule has 1 heterocycles. The van der Waals surface area contributed by atoms with Gasteiger partial charge < -0.3 is 14.6 Å². The lowest BCUT2D eigenvalue weighted by Gasteiger charge is -2.11. The van der Waals surface area contributed by atoms with E-state index < -0.39 is 0 Å². The molecular weight excluding hydrogens is 245 g/mol. The molecule has 0 atom stereocenters. The average Bonchev–Trinajstić information content (AvgIpc) is 2.65. The molecule has 0 fully saturated rings. The highest BCUT2D eigenvalue weighted by atomic mass is 19.1. The molecule has 102 valence electrons. The molecule has 0 aliphatic rings. The van der Waals surface area contributed by atoms with Gasteiger partial charge in [-0.1, -0.05) is 0 Å². The molecular formula is C14H18FN3O. The van der Waals surface area contributed by atoms with Crippen LogP contribution in [0.4, 0.5) is 4.39 Å². The Bertz CT molecular complexity index is 593. The fourth-order valence-corrected chi connectivity index (χ4v) is 2.25. The van der Waals surface area contributed by atoms with Crippen molar-refractivity contribution < 1.29 is 9.13 Å². The topological polar surface area (TPSA) is 39.1 Å². The number of methoxy groups -OCH3 is 1. The highest BCUT2D eigenvalue weighted by Gasteiger charge is 2.17. The number of nitrogens with zero attached hydrogens (tertiary/aromatic N) is 2. The van der Waals surface area contributed by atoms with Gasteiger partial charge in [-0.3, -0.25) is 0 Å². The zero-order valence-corrected chi connectivity index (χ0v) is 11.6. The van der Waals surface area contributed by atoms with Crippen molar-refractivity contribution in [2.45, 2.75) is 13.5 Å². The second-order valence-corrected chi connectivity index (χ2v) is 4.40. The van der Waals surface area contributed by atoms with Crippen molar-refractivity contribution in [2.75, 3.05) is 14.2 Å². The van der Waals surface area contributed by atoms with Crippen molar-refractivity contribution in [2.24, 2.45) is 7.05 Å². The fraction of sp³-hybridized carbons (Fsp3) is 0.357. The Morgan fingerprint density at radius 2 is 2.16 bits per heavy atom. The Morgan fingerprint density at radius 3 is 2.79 bits per heavy atom. The average molecular weight is 263 g/mol. The van der Waals surface area contributed by atoms with Crippen molar-refractivity contribution in [3.8, 4) is 17.0 Å². The molecule has 2 aromatic rings. The molecule has 1 aromatic carbocycles. The molecule has 0 amide bonds. The largest absolute Gasteiger partial charge is 0.496 e. The van der Waals surface area contributed by atoms with Gasteiger partial charge in [0.25, 0.3) is 0 Å². The monoisotopic (exact) mass is 263 g/mol. The van der Waals surface area contributed by atoms with E-state index >= 15 is 0 Å². The maximum absolute atomic E-state index is 13.5. The second-order valence-electron chi connectivity index (χ2n) is 4.40. The summed E-state index contributed by atoms with van der Waals surface area (Å²) in [5, 5.41) is 3.07. The van der Waals surface area contributed by atoms with Crippen LogP contribution in [0, 0.1) is 12.7 Å². The minimum absolute atomic E-state index is 0.286. The predicted molar refractivity (Wildman–Crippen MR) is 72.7 cm³/mol. The summed E-state index contributed by atoms with van der Waals surface area (Å²) in [5.74, 6) is 1.26. The molecule has 0 aliphatic heterocycles. The van der Waals surface area contributed by atoms with Crippen LogP contribution in [0.1, 0.15) is 11.5 Å². The summed E-state index contributed by atoms with van der Waals surface area (Å²) < 4.78 is 20.8. The fourth-order valence-electron chi connectivity index (χ4n) is 2.25. The highest BCUT2D eigenvalue weighted by Crippen LogP contribution is 2.33. The van der Waals surface area contributed by atoms with Gasteiger partial charge in [-0.25, -0.2) is 9.37 Å². The van der Waals surface area contributed by atoms with Gasteiger partial charge in [-0.15, -0.1) is 0 Å². The van der Waals surface area contributed by atoms with E-state index in [1.807, 2.05) is 25.6 Å². The van der Waals surface area contributed by atoms with E-state index in [0.29, 0.717) is 12.3 Å². The minimum atomic E-state index is -0.286. The van der Waals surface area contributed by atoms with Gasteiger partial charge in [0.15, 0.2) is 0 Å². The summed E-state index contributed by atoms with van der Waals surface area (Å²) in [7, 11) is 5.37. The Kier molecular flexibility index (Phi) is 3.85. The summed E-state index contributed by atoms with van der Waals surface area (Å²) >= 11 is 0. The molecule has 0 saturated heterocycles. The van der Waals surface area contributed by atoms with Gasteiger partial charge in [0.05, 0.1) is 25.0 Å². The van der Waals surface area contributed by atoms with Crippen LogP contribution in [-0.2, 0) is 13.6 Å². The third kappa shape index (κ3) is 2.46. The third-order valence-electron chi connectivity index (χ3n) is 3.11. The number of nitrogens with one attached hydrogen (secondary N) is 1. The van der Waals surface area contributed by atoms with Crippen LogP contribution >= 0.6 is 0 Å². The van der Waals surface area contributed by atoms with E-state index in [-0.39, 0.29) is 5.82 Å². The normalized spacial score (nSPS) is 10.8. The maximum Gasteiger partial charge on any atom is 0.128 e. The van der Waals surface area contributed by atoms with Crippen molar-refractivity contribution in [3.63, 3.8) is 0 Å². The maximum atomic E-state index is 13.5. The van der Waals surface area contributed by atoms with E-state index in [1.54, 1.807) is 13.2 Å². The van der Waals surface area contributed by atoms with Crippen molar-refractivity contribution in [1.29, 1.82) is 0 Å². The van der Waals surface area contributed by atoms with Crippen molar-refractivity contribution in [1.82, 2.24) is 14.9 Å². The molecule has 0 bridgehead atoms. The van der Waals surface area contributed by atoms with Gasteiger partial charge in [-0.05, 0) is 32.2 Å². The Balaban J connectivity index is 2.61. The van der Waals surface area contributed by atoms with Gasteiger partial charge in [0, 0.05) is 12.6 Å². The van der Waals surface area contributed by atoms with Crippen LogP contribution in [0.25, 0.3) is 11.3 Å². The number of rotatable bonds is 4. The smallest absolute Gasteiger partial charge is 0.128 e. The summed E-state index contributed by atoms with van der Waals surface area (Å²) in [6.45, 7) is 2.58. The lowest BCUT2D eigenvalue weighted by atomic mass is 10.1. The summed E-state index contributed by atoms with van der Waals surface area (Å²) in [6, 6.07) is 4.50. The lowest BCUT2D eigenvalue weighted by Crippen LogP contribution is -2.10. The highest BCUT2D eigenvalue weighted by molar-refractivity contribution is 5.70. The number of halogens is 1. The number of hydrogen-bond acceptors (Lipinski definition) is 3. The number of benzene rings is 1. The zero-order chi connectivity index (χ0) is 14.0. The molecule has 0 saturated carbocycles. The molecule has 1 N–H and O–H groups in total. The first-order valence-corrected chi connectivity index (χ1v) is 6.09. The Morgan fingerprint density at radius 1 is 1.42 bits per heavy atom. The van der Waals surface area contributed by atoms with Crippen LogP contribution in [0.2, 0.25) is 0 Å². The summed E-state index contributed by atoms with van der Waals surface area (Å²) in [5.41, 5.74) is 2.45. The number of aryl methyl sites for hydroxylation is 1. The number of imidazole rings is 1. The molecule has 4 nitrogen and oxygen atoms in total. The van der Waals surface area contributed by atoms with E-state index in [9.17, 15) is 4.39 Å². The number of aromatic nitrogens is 2. The number of ether oxygens (including phenoxy) is 1. The van der Waals surface area contributed by atoms with E-state index in [2.05, 4.69) is 10.3 Å². The SMILES string of the molecule is CNCc1nc(C)c(-c2cc(F)ccc2OC)n1C. The zero-order valence-electron chi connectivity index (χ0n) is 11.6. The van der Waals surface area contributed by atoms with E-state index in [0.717, 1.165) is 22.8 Å². The molecule has 0 aliphatic carbocycles. The quantitative estimate of drug-likeness (QED) is 0.919. The van der Waals surface area contributed by atoms with Crippen LogP contribution in [0.5, 0.6) is 5.75 Å². The molecule has 5 heteroatoms. The molecule has 1 aromatic heterocycles. The van der Waals surface area contributed by atoms with Crippen LogP contribution in [0.3, 0.4) is 0 Å². The van der Waals surface area contributed by atoms with E-state index in [1.165, 1.54) is 12.1 Å². The van der Waals surface area contributed by atoms with Gasteiger partial charge in [0.2, 0.25) is 0 Å². The third-order valence-corrected chi connectivity index (χ3v) is 3.11. The summed E-state index contributed by atoms with van der Waals surface area (Å²) in [4.78, 5) is 4.50. The minimum Gasteiger partial charge on any atom is -0.496 e. The molecule has 0 radical (unpaired) electrons. The second kappa shape index (κ2) is 5.40. The standard InChI is InChI=1S/C14H18FN3O/c1-9-14(18(3)13(17-9)8-16-2)11-7-10(15)5-6-12(11)19-4/h5-7,16H,8H2,1-4H3. The Labute approximate surface area is 112 Å². The van der Waals surface area contributed by atoms with E-state index in [4.69, 9.17) is 4.74 Å². The van der Waals surface area contributed by atoms with Gasteiger partial charge >= 0.3 is 0 Å².